The first kappa shape index (κ1) is 18.3. The summed E-state index contributed by atoms with van der Waals surface area (Å²) in [6.45, 7) is 3.09. The number of aryl methyl sites for hydroxylation is 1. The Hall–Kier alpha value is -2.54. The van der Waals surface area contributed by atoms with E-state index in [4.69, 9.17) is 4.74 Å². The van der Waals surface area contributed by atoms with Crippen LogP contribution >= 0.6 is 0 Å². The summed E-state index contributed by atoms with van der Waals surface area (Å²) < 4.78 is 30.2. The highest BCUT2D eigenvalue weighted by atomic mass is 32.2. The molecule has 1 aliphatic rings. The molecule has 0 spiro atoms. The number of benzene rings is 2. The molecule has 0 aromatic heterocycles. The van der Waals surface area contributed by atoms with Gasteiger partial charge in [0.1, 0.15) is 11.9 Å². The molecule has 7 heteroatoms. The Balaban J connectivity index is 1.58. The summed E-state index contributed by atoms with van der Waals surface area (Å²) in [5.41, 5.74) is 2.19. The molecule has 2 aromatic carbocycles. The van der Waals surface area contributed by atoms with Gasteiger partial charge >= 0.3 is 0 Å². The normalized spacial score (nSPS) is 14.7. The minimum absolute atomic E-state index is 0.00334. The van der Waals surface area contributed by atoms with E-state index in [1.807, 2.05) is 31.2 Å². The summed E-state index contributed by atoms with van der Waals surface area (Å²) >= 11 is 0. The van der Waals surface area contributed by atoms with Gasteiger partial charge in [-0.2, -0.15) is 0 Å². The van der Waals surface area contributed by atoms with Crippen molar-refractivity contribution in [3.8, 4) is 5.75 Å². The van der Waals surface area contributed by atoms with Crippen molar-refractivity contribution in [2.24, 2.45) is 0 Å². The summed E-state index contributed by atoms with van der Waals surface area (Å²) in [6, 6.07) is 14.4. The molecule has 138 valence electrons. The molecule has 1 heterocycles. The maximum Gasteiger partial charge on any atom is 0.254 e. The Morgan fingerprint density at radius 1 is 1.15 bits per heavy atom. The molecule has 0 bridgehead atoms. The molecule has 3 rings (SSSR count). The van der Waals surface area contributed by atoms with Gasteiger partial charge in [-0.3, -0.25) is 9.10 Å². The molecule has 0 atom stereocenters. The Kier molecular flexibility index (Phi) is 4.91. The molecule has 1 fully saturated rings. The molecule has 0 saturated carbocycles. The molecule has 0 radical (unpaired) electrons. The SMILES string of the molecule is Cc1cccc(OC2CN(C(=O)c3ccc(N(C)S(C)(=O)=O)cc3)C2)c1. The lowest BCUT2D eigenvalue weighted by atomic mass is 10.1. The maximum absolute atomic E-state index is 12.5. The standard InChI is InChI=1S/C19H22N2O4S/c1-14-5-4-6-17(11-14)25-18-12-21(13-18)19(22)15-7-9-16(10-8-15)20(2)26(3,23)24/h4-11,18H,12-13H2,1-3H3. The minimum Gasteiger partial charge on any atom is -0.487 e. The van der Waals surface area contributed by atoms with Crippen molar-refractivity contribution < 1.29 is 17.9 Å². The number of sulfonamides is 1. The monoisotopic (exact) mass is 374 g/mol. The summed E-state index contributed by atoms with van der Waals surface area (Å²) in [5, 5.41) is 0. The van der Waals surface area contributed by atoms with Crippen LogP contribution in [0.1, 0.15) is 15.9 Å². The van der Waals surface area contributed by atoms with Gasteiger partial charge in [0.15, 0.2) is 0 Å². The predicted molar refractivity (Wildman–Crippen MR) is 101 cm³/mol. The largest absolute Gasteiger partial charge is 0.487 e. The van der Waals surface area contributed by atoms with E-state index in [0.717, 1.165) is 17.6 Å². The fourth-order valence-corrected chi connectivity index (χ4v) is 3.25. The molecule has 26 heavy (non-hydrogen) atoms. The molecular weight excluding hydrogens is 352 g/mol. The molecule has 0 N–H and O–H groups in total. The number of hydrogen-bond acceptors (Lipinski definition) is 4. The highest BCUT2D eigenvalue weighted by molar-refractivity contribution is 7.92. The highest BCUT2D eigenvalue weighted by Crippen LogP contribution is 2.22. The lowest BCUT2D eigenvalue weighted by Gasteiger charge is -2.39. The highest BCUT2D eigenvalue weighted by Gasteiger charge is 2.32. The Bertz CT molecular complexity index is 903. The first-order valence-corrected chi connectivity index (χ1v) is 10.2. The second-order valence-electron chi connectivity index (χ2n) is 6.54. The summed E-state index contributed by atoms with van der Waals surface area (Å²) in [6.07, 6.45) is 1.14. The fourth-order valence-electron chi connectivity index (χ4n) is 2.75. The van der Waals surface area contributed by atoms with Gasteiger partial charge in [-0.1, -0.05) is 12.1 Å². The van der Waals surface area contributed by atoms with Crippen molar-refractivity contribution in [3.05, 3.63) is 59.7 Å². The number of ether oxygens (including phenoxy) is 1. The van der Waals surface area contributed by atoms with Crippen molar-refractivity contribution in [3.63, 3.8) is 0 Å². The first-order chi connectivity index (χ1) is 12.2. The third kappa shape index (κ3) is 3.99. The van der Waals surface area contributed by atoms with Gasteiger partial charge in [0.05, 0.1) is 25.0 Å². The van der Waals surface area contributed by atoms with E-state index >= 15 is 0 Å². The Morgan fingerprint density at radius 2 is 1.81 bits per heavy atom. The number of nitrogens with zero attached hydrogens (tertiary/aromatic N) is 2. The van der Waals surface area contributed by atoms with Crippen molar-refractivity contribution >= 4 is 21.6 Å². The molecule has 6 nitrogen and oxygen atoms in total. The van der Waals surface area contributed by atoms with E-state index < -0.39 is 10.0 Å². The maximum atomic E-state index is 12.5. The first-order valence-electron chi connectivity index (χ1n) is 8.30. The van der Waals surface area contributed by atoms with Crippen molar-refractivity contribution in [1.29, 1.82) is 0 Å². The van der Waals surface area contributed by atoms with Gasteiger partial charge < -0.3 is 9.64 Å². The number of likely N-dealkylation sites (tertiary alicyclic amines) is 1. The molecular formula is C19H22N2O4S. The van der Waals surface area contributed by atoms with Crippen LogP contribution in [-0.2, 0) is 10.0 Å². The van der Waals surface area contributed by atoms with E-state index in [9.17, 15) is 13.2 Å². The van der Waals surface area contributed by atoms with E-state index in [2.05, 4.69) is 0 Å². The predicted octanol–water partition coefficient (Wildman–Crippen LogP) is 2.29. The zero-order valence-corrected chi connectivity index (χ0v) is 15.9. The van der Waals surface area contributed by atoms with Gasteiger partial charge in [-0.25, -0.2) is 8.42 Å². The topological polar surface area (TPSA) is 66.9 Å². The van der Waals surface area contributed by atoms with Crippen LogP contribution in [0.3, 0.4) is 0 Å². The summed E-state index contributed by atoms with van der Waals surface area (Å²) in [7, 11) is -1.84. The second kappa shape index (κ2) is 6.99. The van der Waals surface area contributed by atoms with Crippen LogP contribution in [0.2, 0.25) is 0 Å². The van der Waals surface area contributed by atoms with Gasteiger partial charge in [0, 0.05) is 12.6 Å². The van der Waals surface area contributed by atoms with Gasteiger partial charge in [0.25, 0.3) is 5.91 Å². The number of carbonyl (C=O) groups is 1. The number of rotatable bonds is 5. The van der Waals surface area contributed by atoms with Crippen molar-refractivity contribution in [1.82, 2.24) is 4.90 Å². The quantitative estimate of drug-likeness (QED) is 0.805. The second-order valence-corrected chi connectivity index (χ2v) is 8.56. The average Bonchev–Trinajstić information content (AvgIpc) is 2.56. The molecule has 1 amide bonds. The van der Waals surface area contributed by atoms with Crippen LogP contribution in [0, 0.1) is 6.92 Å². The van der Waals surface area contributed by atoms with E-state index in [-0.39, 0.29) is 12.0 Å². The smallest absolute Gasteiger partial charge is 0.254 e. The lowest BCUT2D eigenvalue weighted by Crippen LogP contribution is -2.56. The van der Waals surface area contributed by atoms with E-state index in [0.29, 0.717) is 24.3 Å². The van der Waals surface area contributed by atoms with Crippen LogP contribution in [0.5, 0.6) is 5.75 Å². The van der Waals surface area contributed by atoms with Crippen LogP contribution in [0.25, 0.3) is 0 Å². The number of amides is 1. The fraction of sp³-hybridized carbons (Fsp3) is 0.316. The number of anilines is 1. The lowest BCUT2D eigenvalue weighted by molar-refractivity contribution is 0.0178. The number of carbonyl (C=O) groups excluding carboxylic acids is 1. The van der Waals surface area contributed by atoms with Gasteiger partial charge in [-0.05, 0) is 48.9 Å². The van der Waals surface area contributed by atoms with Crippen LogP contribution in [0.15, 0.2) is 48.5 Å². The zero-order chi connectivity index (χ0) is 18.9. The van der Waals surface area contributed by atoms with E-state index in [1.165, 1.54) is 11.4 Å². The van der Waals surface area contributed by atoms with Crippen LogP contribution in [0.4, 0.5) is 5.69 Å². The third-order valence-corrected chi connectivity index (χ3v) is 5.61. The average molecular weight is 374 g/mol. The molecule has 1 aliphatic heterocycles. The van der Waals surface area contributed by atoms with E-state index in [1.54, 1.807) is 29.2 Å². The van der Waals surface area contributed by atoms with Crippen molar-refractivity contribution in [2.45, 2.75) is 13.0 Å². The van der Waals surface area contributed by atoms with Crippen LogP contribution < -0.4 is 9.04 Å². The zero-order valence-electron chi connectivity index (χ0n) is 15.0. The molecule has 2 aromatic rings. The number of hydrogen-bond donors (Lipinski definition) is 0. The third-order valence-electron chi connectivity index (χ3n) is 4.40. The summed E-state index contributed by atoms with van der Waals surface area (Å²) in [4.78, 5) is 14.2. The van der Waals surface area contributed by atoms with Gasteiger partial charge in [-0.15, -0.1) is 0 Å². The van der Waals surface area contributed by atoms with Crippen LogP contribution in [-0.4, -0.2) is 51.7 Å². The Morgan fingerprint density at radius 3 is 2.38 bits per heavy atom. The minimum atomic E-state index is -3.32. The van der Waals surface area contributed by atoms with Crippen molar-refractivity contribution in [2.75, 3.05) is 30.7 Å². The Labute approximate surface area is 154 Å². The molecule has 1 saturated heterocycles. The molecule has 0 unspecified atom stereocenters. The molecule has 0 aliphatic carbocycles. The van der Waals surface area contributed by atoms with Gasteiger partial charge in [0.2, 0.25) is 10.0 Å². The summed E-state index contributed by atoms with van der Waals surface area (Å²) in [5.74, 6) is 0.734.